The second kappa shape index (κ2) is 5.29. The fourth-order valence-corrected chi connectivity index (χ4v) is 3.65. The zero-order valence-corrected chi connectivity index (χ0v) is 13.6. The van der Waals surface area contributed by atoms with Crippen molar-refractivity contribution in [3.05, 3.63) is 56.7 Å². The molecule has 0 amide bonds. The molecule has 1 aromatic carbocycles. The molecule has 1 nitrogen and oxygen atoms in total. The molecule has 0 fully saturated rings. The van der Waals surface area contributed by atoms with Crippen LogP contribution in [0.15, 0.2) is 16.5 Å². The number of alkyl halides is 1. The molecule has 0 aliphatic heterocycles. The molecule has 0 N–H and O–H groups in total. The summed E-state index contributed by atoms with van der Waals surface area (Å²) in [5, 5.41) is 0.419. The standard InChI is InChI=1S/C15H15BrClFO/c1-7-5-11(12(17)6-13(7)18)15(16)14-8(2)9(3)19-10(14)4/h5-6,15H,1-4H3. The van der Waals surface area contributed by atoms with E-state index >= 15 is 0 Å². The van der Waals surface area contributed by atoms with Gasteiger partial charge in [-0.3, -0.25) is 0 Å². The topological polar surface area (TPSA) is 13.1 Å². The van der Waals surface area contributed by atoms with E-state index in [0.717, 1.165) is 28.2 Å². The Morgan fingerprint density at radius 1 is 1.16 bits per heavy atom. The molecular weight excluding hydrogens is 331 g/mol. The van der Waals surface area contributed by atoms with Crippen molar-refractivity contribution in [2.45, 2.75) is 32.5 Å². The van der Waals surface area contributed by atoms with Crippen molar-refractivity contribution in [2.75, 3.05) is 0 Å². The van der Waals surface area contributed by atoms with E-state index in [-0.39, 0.29) is 10.6 Å². The third-order valence-electron chi connectivity index (χ3n) is 3.42. The van der Waals surface area contributed by atoms with Gasteiger partial charge in [0.1, 0.15) is 17.3 Å². The van der Waals surface area contributed by atoms with Crippen molar-refractivity contribution in [2.24, 2.45) is 0 Å². The van der Waals surface area contributed by atoms with Gasteiger partial charge in [0.05, 0.1) is 4.83 Å². The lowest BCUT2D eigenvalue weighted by molar-refractivity contribution is 0.500. The highest BCUT2D eigenvalue weighted by atomic mass is 79.9. The third kappa shape index (κ3) is 2.59. The minimum atomic E-state index is -0.287. The van der Waals surface area contributed by atoms with Gasteiger partial charge in [-0.15, -0.1) is 0 Å². The molecule has 1 heterocycles. The lowest BCUT2D eigenvalue weighted by atomic mass is 9.99. The molecular formula is C15H15BrClFO. The van der Waals surface area contributed by atoms with Gasteiger partial charge in [-0.05, 0) is 50.5 Å². The second-order valence-electron chi connectivity index (χ2n) is 4.74. The summed E-state index contributed by atoms with van der Waals surface area (Å²) in [6.45, 7) is 7.60. The Morgan fingerprint density at radius 2 is 1.79 bits per heavy atom. The smallest absolute Gasteiger partial charge is 0.127 e. The minimum Gasteiger partial charge on any atom is -0.466 e. The Bertz CT molecular complexity index is 634. The van der Waals surface area contributed by atoms with Crippen LogP contribution in [0, 0.1) is 33.5 Å². The molecule has 102 valence electrons. The third-order valence-corrected chi connectivity index (χ3v) is 4.70. The molecule has 0 bridgehead atoms. The number of furan rings is 1. The van der Waals surface area contributed by atoms with E-state index in [4.69, 9.17) is 16.0 Å². The van der Waals surface area contributed by atoms with Gasteiger partial charge in [-0.25, -0.2) is 4.39 Å². The Labute approximate surface area is 125 Å². The number of aryl methyl sites for hydroxylation is 3. The van der Waals surface area contributed by atoms with E-state index in [1.807, 2.05) is 20.8 Å². The van der Waals surface area contributed by atoms with Gasteiger partial charge in [0, 0.05) is 10.6 Å². The van der Waals surface area contributed by atoms with Gasteiger partial charge >= 0.3 is 0 Å². The zero-order chi connectivity index (χ0) is 14.3. The quantitative estimate of drug-likeness (QED) is 0.628. The number of rotatable bonds is 2. The maximum atomic E-state index is 13.5. The first kappa shape index (κ1) is 14.6. The first-order valence-corrected chi connectivity index (χ1v) is 7.28. The summed E-state index contributed by atoms with van der Waals surface area (Å²) in [6.07, 6.45) is 0. The average Bonchev–Trinajstić information content (AvgIpc) is 2.57. The van der Waals surface area contributed by atoms with Crippen LogP contribution in [0.1, 0.15) is 38.6 Å². The Kier molecular flexibility index (Phi) is 4.07. The summed E-state index contributed by atoms with van der Waals surface area (Å²) in [5.74, 6) is 1.46. The molecule has 1 atom stereocenters. The van der Waals surface area contributed by atoms with E-state index in [1.54, 1.807) is 13.0 Å². The molecule has 1 unspecified atom stereocenters. The highest BCUT2D eigenvalue weighted by Crippen LogP contribution is 2.40. The predicted octanol–water partition coefficient (Wildman–Crippen LogP) is 5.79. The van der Waals surface area contributed by atoms with Gasteiger partial charge in [0.25, 0.3) is 0 Å². The first-order chi connectivity index (χ1) is 8.82. The Hall–Kier alpha value is -0.800. The summed E-state index contributed by atoms with van der Waals surface area (Å²) >= 11 is 9.81. The Morgan fingerprint density at radius 3 is 2.32 bits per heavy atom. The maximum Gasteiger partial charge on any atom is 0.127 e. The molecule has 0 aliphatic carbocycles. The van der Waals surface area contributed by atoms with Crippen LogP contribution in [0.4, 0.5) is 4.39 Å². The summed E-state index contributed by atoms with van der Waals surface area (Å²) in [4.78, 5) is -0.100. The van der Waals surface area contributed by atoms with Crippen LogP contribution in [0.2, 0.25) is 5.02 Å². The highest BCUT2D eigenvalue weighted by Gasteiger charge is 2.23. The molecule has 0 spiro atoms. The van der Waals surface area contributed by atoms with E-state index < -0.39 is 0 Å². The van der Waals surface area contributed by atoms with Crippen LogP contribution in [0.3, 0.4) is 0 Å². The van der Waals surface area contributed by atoms with E-state index in [0.29, 0.717) is 10.6 Å². The highest BCUT2D eigenvalue weighted by molar-refractivity contribution is 9.09. The van der Waals surface area contributed by atoms with Crippen LogP contribution in [-0.2, 0) is 0 Å². The lowest BCUT2D eigenvalue weighted by Crippen LogP contribution is -1.98. The van der Waals surface area contributed by atoms with Crippen LogP contribution < -0.4 is 0 Å². The van der Waals surface area contributed by atoms with Crippen LogP contribution in [-0.4, -0.2) is 0 Å². The molecule has 1 aromatic heterocycles. The number of hydrogen-bond acceptors (Lipinski definition) is 1. The Balaban J connectivity index is 2.56. The monoisotopic (exact) mass is 344 g/mol. The van der Waals surface area contributed by atoms with E-state index in [2.05, 4.69) is 15.9 Å². The van der Waals surface area contributed by atoms with E-state index in [9.17, 15) is 4.39 Å². The summed E-state index contributed by atoms with van der Waals surface area (Å²) < 4.78 is 19.1. The molecule has 2 rings (SSSR count). The maximum absolute atomic E-state index is 13.5. The summed E-state index contributed by atoms with van der Waals surface area (Å²) in [7, 11) is 0. The van der Waals surface area contributed by atoms with Crippen molar-refractivity contribution >= 4 is 27.5 Å². The predicted molar refractivity (Wildman–Crippen MR) is 79.8 cm³/mol. The van der Waals surface area contributed by atoms with Crippen molar-refractivity contribution in [3.8, 4) is 0 Å². The zero-order valence-electron chi connectivity index (χ0n) is 11.3. The molecule has 0 aliphatic rings. The number of benzene rings is 1. The van der Waals surface area contributed by atoms with Crippen molar-refractivity contribution < 1.29 is 8.81 Å². The first-order valence-electron chi connectivity index (χ1n) is 5.99. The van der Waals surface area contributed by atoms with Crippen LogP contribution >= 0.6 is 27.5 Å². The molecule has 4 heteroatoms. The fraction of sp³-hybridized carbons (Fsp3) is 0.333. The molecule has 0 saturated carbocycles. The average molecular weight is 346 g/mol. The second-order valence-corrected chi connectivity index (χ2v) is 6.06. The van der Waals surface area contributed by atoms with E-state index in [1.165, 1.54) is 6.07 Å². The van der Waals surface area contributed by atoms with Gasteiger partial charge in [0.15, 0.2) is 0 Å². The molecule has 0 radical (unpaired) electrons. The SMILES string of the molecule is Cc1cc(C(Br)c2c(C)oc(C)c2C)c(Cl)cc1F. The molecule has 0 saturated heterocycles. The van der Waals surface area contributed by atoms with Crippen molar-refractivity contribution in [3.63, 3.8) is 0 Å². The normalized spacial score (nSPS) is 12.8. The van der Waals surface area contributed by atoms with Crippen LogP contribution in [0.5, 0.6) is 0 Å². The van der Waals surface area contributed by atoms with Crippen LogP contribution in [0.25, 0.3) is 0 Å². The van der Waals surface area contributed by atoms with Gasteiger partial charge < -0.3 is 4.42 Å². The van der Waals surface area contributed by atoms with Crippen molar-refractivity contribution in [1.29, 1.82) is 0 Å². The molecule has 2 aromatic rings. The summed E-state index contributed by atoms with van der Waals surface area (Å²) in [6, 6.07) is 3.14. The van der Waals surface area contributed by atoms with Crippen molar-refractivity contribution in [1.82, 2.24) is 0 Å². The summed E-state index contributed by atoms with van der Waals surface area (Å²) in [5.41, 5.74) is 3.59. The van der Waals surface area contributed by atoms with Gasteiger partial charge in [-0.2, -0.15) is 0 Å². The number of halogens is 3. The minimum absolute atomic E-state index is 0.100. The largest absolute Gasteiger partial charge is 0.466 e. The fourth-order valence-electron chi connectivity index (χ4n) is 2.21. The number of hydrogen-bond donors (Lipinski definition) is 0. The van der Waals surface area contributed by atoms with Gasteiger partial charge in [0.2, 0.25) is 0 Å². The molecule has 19 heavy (non-hydrogen) atoms. The lowest BCUT2D eigenvalue weighted by Gasteiger charge is -2.14. The van der Waals surface area contributed by atoms with Gasteiger partial charge in [-0.1, -0.05) is 33.6 Å².